The molecule has 6 heterocycles. The molecule has 111 heavy (non-hydrogen) atoms. The van der Waals surface area contributed by atoms with Crippen LogP contribution in [0.3, 0.4) is 0 Å². The summed E-state index contributed by atoms with van der Waals surface area (Å²) in [6.45, 7) is 4.90. The number of phosphoric acid groups is 6. The third-order valence-corrected chi connectivity index (χ3v) is 23.1. The van der Waals surface area contributed by atoms with E-state index in [9.17, 15) is 126 Å². The van der Waals surface area contributed by atoms with Gasteiger partial charge >= 0.3 is 0 Å². The van der Waals surface area contributed by atoms with E-state index in [0.29, 0.717) is 0 Å². The summed E-state index contributed by atoms with van der Waals surface area (Å²) < 4.78 is 122. The molecule has 0 saturated carbocycles. The van der Waals surface area contributed by atoms with Crippen LogP contribution in [0.15, 0.2) is 25.3 Å². The van der Waals surface area contributed by atoms with Crippen molar-refractivity contribution in [2.45, 2.75) is 155 Å². The number of aliphatic hydroxyl groups is 5. The molecule has 0 radical (unpaired) electrons. The van der Waals surface area contributed by atoms with Crippen molar-refractivity contribution in [3.8, 4) is 0 Å². The summed E-state index contributed by atoms with van der Waals surface area (Å²) >= 11 is 1.79. The first-order chi connectivity index (χ1) is 50.5. The second-order valence-corrected chi connectivity index (χ2v) is 35.9. The number of aliphatic hydroxyl groups excluding tert-OH is 5. The molecule has 2 fully saturated rings. The lowest BCUT2D eigenvalue weighted by atomic mass is 9.87. The average molecular weight is 1740 g/mol. The number of rotatable bonds is 42. The lowest BCUT2D eigenvalue weighted by Gasteiger charge is -2.36. The molecule has 2 aliphatic rings. The van der Waals surface area contributed by atoms with Crippen molar-refractivity contribution in [2.24, 2.45) is 10.8 Å². The minimum atomic E-state index is -5.94. The number of hydrogen-bond donors (Lipinski definition) is 11. The van der Waals surface area contributed by atoms with E-state index >= 15 is 0 Å². The van der Waals surface area contributed by atoms with Gasteiger partial charge in [0.1, 0.15) is 78.3 Å². The fraction of sp³-hybridized carbons (Fsp3) is 0.679. The molecule has 4 aromatic rings. The summed E-state index contributed by atoms with van der Waals surface area (Å²) in [5, 5.41) is 61.2. The van der Waals surface area contributed by atoms with Crippen molar-refractivity contribution in [3.63, 3.8) is 0 Å². The summed E-state index contributed by atoms with van der Waals surface area (Å²) in [5.74, 6) is -3.10. The second-order valence-electron chi connectivity index (χ2n) is 25.5. The van der Waals surface area contributed by atoms with Gasteiger partial charge in [-0.05, 0) is 27.7 Å². The standard InChI is InChI=1S/C26H44N7O18P3S.C26H42N7O18P3S.CH4/c2*1-14(34)9-17(36)55-8-7-28-16(35)5-6-29-24(39)21(38)25(2,3)11-48-54(45,46)51-53(43,44)47-10-15-19(50-52(40,41)42)20(37)26(4,49-15)33-13-32-18-22(27)30-12-31-23(18)33;/h12-15,19-21,34,37-38H,5-11H2,1-4H3,(H,28,35)(H,29,39)(H,43,44)(H,45,46)(H2,27,30,31)(H2,40,41,42);12-13,15,19-21,37-38H,5-11H2,1-4H3,(H,28,35)(H,29,39)(H,43,44)(H,45,46)(H2,27,30,31)(H2,40,41,42);1H4/p-8. The first-order valence-electron chi connectivity index (χ1n) is 31.7. The van der Waals surface area contributed by atoms with Crippen LogP contribution in [0.4, 0.5) is 11.6 Å². The molecule has 4 amide bonds. The van der Waals surface area contributed by atoms with Crippen LogP contribution >= 0.6 is 70.5 Å². The highest BCUT2D eigenvalue weighted by molar-refractivity contribution is 8.13. The number of Topliss-reactive ketones (excluding diaryl/α,β-unsaturated/α-hetero) is 1. The number of carbonyl (C=O) groups is 7. The fourth-order valence-corrected chi connectivity index (χ4v) is 16.7. The van der Waals surface area contributed by atoms with Gasteiger partial charge in [0.2, 0.25) is 23.6 Å². The van der Waals surface area contributed by atoms with E-state index in [1.54, 1.807) is 0 Å². The number of anilines is 2. The number of carbonyl (C=O) groups excluding carboxylic acids is 7. The van der Waals surface area contributed by atoms with Crippen molar-refractivity contribution in [1.82, 2.24) is 60.3 Å². The Labute approximate surface area is 639 Å². The number of amides is 4. The predicted molar refractivity (Wildman–Crippen MR) is 364 cm³/mol. The van der Waals surface area contributed by atoms with Gasteiger partial charge in [-0.2, -0.15) is 0 Å². The van der Waals surface area contributed by atoms with Gasteiger partial charge in [0.05, 0.1) is 67.3 Å². The Hall–Kier alpha value is -5.25. The zero-order valence-electron chi connectivity index (χ0n) is 59.0. The van der Waals surface area contributed by atoms with Gasteiger partial charge in [-0.15, -0.1) is 0 Å². The first-order valence-corrected chi connectivity index (χ1v) is 42.5. The van der Waals surface area contributed by atoms with Gasteiger partial charge in [0, 0.05) is 67.8 Å². The molecule has 630 valence electrons. The molecule has 15 unspecified atom stereocenters. The average Bonchev–Trinajstić information content (AvgIpc) is 1.59. The molecule has 4 aromatic heterocycles. The van der Waals surface area contributed by atoms with E-state index < -0.39 is 174 Å². The van der Waals surface area contributed by atoms with Gasteiger partial charge < -0.3 is 143 Å². The monoisotopic (exact) mass is 1740 g/mol. The van der Waals surface area contributed by atoms with E-state index in [1.807, 2.05) is 0 Å². The van der Waals surface area contributed by atoms with Gasteiger partial charge in [-0.1, -0.05) is 58.6 Å². The molecule has 6 rings (SSSR count). The maximum Gasteiger partial charge on any atom is 0.274 e. The third-order valence-electron chi connectivity index (χ3n) is 15.3. The molecule has 2 saturated heterocycles. The molecule has 0 spiro atoms. The zero-order chi connectivity index (χ0) is 83.1. The number of thioether (sulfide) groups is 2. The number of fused-ring (bicyclic) bond motifs is 2. The molecule has 2 aliphatic heterocycles. The topological polar surface area (TPSA) is 787 Å². The number of hydrogen-bond acceptors (Lipinski definition) is 46. The predicted octanol–water partition coefficient (Wildman–Crippen LogP) is -6.99. The minimum absolute atomic E-state index is 0. The number of nitrogens with zero attached hydrogens (tertiary/aromatic N) is 8. The normalized spacial score (nSPS) is 23.3. The molecular formula is C53H82N14O36P6S2-8. The van der Waals surface area contributed by atoms with Crippen molar-refractivity contribution < 1.29 is 171 Å². The SMILES string of the molecule is C.CC(=O)CC(=O)SCCNC(=O)CCNC(=O)C(O)C(C)(C)COP(=O)([O-])OP(=O)([O-])OCC1OC(C)(n2cnc3c(N)ncnc32)C(O)C1OP(=O)([O-])[O-].CC(O)CC(=O)SCCNC(=O)CCNC(=O)C(O)C(C)(C)COP(=O)([O-])OP(=O)([O-])OCC1OC(C)(n2cnc3c(N)ncnc32)C(O)C1OP(=O)([O-])[O-]. The van der Waals surface area contributed by atoms with E-state index in [-0.39, 0.29) is 121 Å². The number of phosphoric ester groups is 6. The van der Waals surface area contributed by atoms with Crippen molar-refractivity contribution in [1.29, 1.82) is 0 Å². The Morgan fingerprint density at radius 2 is 0.928 bits per heavy atom. The summed E-state index contributed by atoms with van der Waals surface area (Å²) in [4.78, 5) is 202. The highest BCUT2D eigenvalue weighted by Crippen LogP contribution is 2.58. The van der Waals surface area contributed by atoms with Crippen molar-refractivity contribution in [3.05, 3.63) is 25.3 Å². The quantitative estimate of drug-likeness (QED) is 0.0112. The molecule has 0 aliphatic carbocycles. The lowest BCUT2D eigenvalue weighted by Crippen LogP contribution is -2.46. The zero-order valence-corrected chi connectivity index (χ0v) is 66.0. The van der Waals surface area contributed by atoms with Gasteiger partial charge in [0.15, 0.2) is 44.6 Å². The molecule has 15 atom stereocenters. The first kappa shape index (κ1) is 98.1. The molecule has 58 heteroatoms. The maximum atomic E-state index is 12.5. The second kappa shape index (κ2) is 40.6. The van der Waals surface area contributed by atoms with Gasteiger partial charge in [-0.25, -0.2) is 38.5 Å². The van der Waals surface area contributed by atoms with Gasteiger partial charge in [-0.3, -0.25) is 61.0 Å². The number of imidazole rings is 2. The number of nitrogens with two attached hydrogens (primary N) is 2. The Balaban J connectivity index is 0.000000464. The largest absolute Gasteiger partial charge is 0.790 e. The molecule has 0 bridgehead atoms. The van der Waals surface area contributed by atoms with Crippen molar-refractivity contribution in [2.75, 3.05) is 75.6 Å². The summed E-state index contributed by atoms with van der Waals surface area (Å²) in [5.41, 5.74) is 3.96. The van der Waals surface area contributed by atoms with Crippen molar-refractivity contribution >= 4 is 144 Å². The summed E-state index contributed by atoms with van der Waals surface area (Å²) in [6.07, 6.45) is -13.4. The van der Waals surface area contributed by atoms with Crippen LogP contribution in [-0.4, -0.2) is 223 Å². The molecular weight excluding hydrogens is 1660 g/mol. The molecule has 50 nitrogen and oxygen atoms in total. The Kier molecular flexibility index (Phi) is 35.8. The van der Waals surface area contributed by atoms with Crippen LogP contribution in [0.25, 0.3) is 22.3 Å². The third kappa shape index (κ3) is 29.8. The van der Waals surface area contributed by atoms with E-state index in [4.69, 9.17) is 20.9 Å². The number of nitrogen functional groups attached to an aromatic ring is 2. The van der Waals surface area contributed by atoms with Crippen LogP contribution in [0.1, 0.15) is 88.5 Å². The van der Waals surface area contributed by atoms with Crippen LogP contribution < -0.4 is 71.9 Å². The Morgan fingerprint density at radius 3 is 1.27 bits per heavy atom. The molecule has 13 N–H and O–H groups in total. The van der Waals surface area contributed by atoms with Crippen LogP contribution in [0, 0.1) is 10.8 Å². The Bertz CT molecular complexity index is 4230. The number of aromatic nitrogens is 8. The smallest absolute Gasteiger partial charge is 0.274 e. The van der Waals surface area contributed by atoms with E-state index in [2.05, 4.69) is 86.9 Å². The van der Waals surface area contributed by atoms with E-state index in [1.165, 1.54) is 55.4 Å². The molecule has 0 aromatic carbocycles. The maximum absolute atomic E-state index is 12.5. The Morgan fingerprint density at radius 1 is 0.577 bits per heavy atom. The fourth-order valence-electron chi connectivity index (χ4n) is 9.72. The van der Waals surface area contributed by atoms with E-state index in [0.717, 1.165) is 58.0 Å². The lowest BCUT2D eigenvalue weighted by molar-refractivity contribution is -0.349. The minimum Gasteiger partial charge on any atom is -0.790 e. The number of nitrogens with one attached hydrogen (secondary N) is 4. The number of ketones is 1. The van der Waals surface area contributed by atoms with Crippen LogP contribution in [0.2, 0.25) is 0 Å². The van der Waals surface area contributed by atoms with Crippen LogP contribution in [0.5, 0.6) is 0 Å². The van der Waals surface area contributed by atoms with Crippen LogP contribution in [-0.2, 0) is 118 Å². The van der Waals surface area contributed by atoms with Gasteiger partial charge in [0.25, 0.3) is 31.3 Å². The summed E-state index contributed by atoms with van der Waals surface area (Å²) in [7, 11) is -35.3. The highest BCUT2D eigenvalue weighted by Gasteiger charge is 2.57. The summed E-state index contributed by atoms with van der Waals surface area (Å²) in [6, 6.07) is 0. The number of ether oxygens (including phenoxy) is 2. The highest BCUT2D eigenvalue weighted by atomic mass is 32.2.